The minimum absolute atomic E-state index is 0.0464. The number of carboxylic acid groups (broad SMARTS) is 1. The van der Waals surface area contributed by atoms with E-state index < -0.39 is 23.2 Å². The second-order valence-electron chi connectivity index (χ2n) is 6.16. The molecule has 29 heavy (non-hydrogen) atoms. The fraction of sp³-hybridized carbons (Fsp3) is 0.105. The van der Waals surface area contributed by atoms with Gasteiger partial charge >= 0.3 is 5.97 Å². The van der Waals surface area contributed by atoms with Crippen LogP contribution < -0.4 is 5.56 Å². The smallest absolute Gasteiger partial charge is 0.309 e. The van der Waals surface area contributed by atoms with Gasteiger partial charge in [-0.2, -0.15) is 10.1 Å². The first-order valence-corrected chi connectivity index (χ1v) is 8.41. The Kier molecular flexibility index (Phi) is 4.59. The molecule has 2 aromatic carbocycles. The minimum atomic E-state index is -1.10. The van der Waals surface area contributed by atoms with Crippen molar-refractivity contribution in [2.24, 2.45) is 0 Å². The van der Waals surface area contributed by atoms with Gasteiger partial charge in [-0.25, -0.2) is 13.5 Å². The molecule has 0 bridgehead atoms. The summed E-state index contributed by atoms with van der Waals surface area (Å²) in [6.07, 6.45) is -0.378. The standard InChI is InChI=1S/C19H12F2N4O4/c20-10-5-6-13(14(21)7-10)18-22-16(29-24-18)9-25-19(28)12-4-2-1-3-11(12)15(23-25)8-17(26)27/h1-7H,8-9H2,(H,26,27). The molecule has 4 aromatic rings. The van der Waals surface area contributed by atoms with Crippen LogP contribution in [0.5, 0.6) is 0 Å². The number of aromatic nitrogens is 4. The van der Waals surface area contributed by atoms with E-state index in [9.17, 15) is 18.4 Å². The molecule has 2 heterocycles. The molecule has 0 radical (unpaired) electrons. The highest BCUT2D eigenvalue weighted by atomic mass is 19.1. The van der Waals surface area contributed by atoms with E-state index in [1.165, 1.54) is 6.07 Å². The fourth-order valence-corrected chi connectivity index (χ4v) is 2.91. The van der Waals surface area contributed by atoms with Gasteiger partial charge in [-0.3, -0.25) is 9.59 Å². The van der Waals surface area contributed by atoms with Crippen LogP contribution in [0.15, 0.2) is 51.8 Å². The van der Waals surface area contributed by atoms with Crippen molar-refractivity contribution in [3.05, 3.63) is 76.0 Å². The zero-order valence-electron chi connectivity index (χ0n) is 14.7. The van der Waals surface area contributed by atoms with E-state index in [2.05, 4.69) is 15.2 Å². The summed E-state index contributed by atoms with van der Waals surface area (Å²) >= 11 is 0. The molecular weight excluding hydrogens is 386 g/mol. The van der Waals surface area contributed by atoms with E-state index in [0.29, 0.717) is 16.8 Å². The molecule has 0 amide bonds. The summed E-state index contributed by atoms with van der Waals surface area (Å²) in [7, 11) is 0. The largest absolute Gasteiger partial charge is 0.481 e. The number of carboxylic acids is 1. The van der Waals surface area contributed by atoms with Crippen LogP contribution in [-0.2, 0) is 17.8 Å². The minimum Gasteiger partial charge on any atom is -0.481 e. The molecule has 4 rings (SSSR count). The number of aliphatic carboxylic acids is 1. The van der Waals surface area contributed by atoms with Crippen LogP contribution in [0.1, 0.15) is 11.6 Å². The number of benzene rings is 2. The van der Waals surface area contributed by atoms with Crippen molar-refractivity contribution >= 4 is 16.7 Å². The summed E-state index contributed by atoms with van der Waals surface area (Å²) in [5.41, 5.74) is -0.328. The Balaban J connectivity index is 1.73. The zero-order chi connectivity index (χ0) is 20.5. The number of hydrogen-bond acceptors (Lipinski definition) is 6. The maximum Gasteiger partial charge on any atom is 0.309 e. The number of hydrogen-bond donors (Lipinski definition) is 1. The van der Waals surface area contributed by atoms with Gasteiger partial charge in [-0.15, -0.1) is 0 Å². The average molecular weight is 398 g/mol. The summed E-state index contributed by atoms with van der Waals surface area (Å²) in [6.45, 7) is -0.244. The van der Waals surface area contributed by atoms with Crippen molar-refractivity contribution in [1.82, 2.24) is 19.9 Å². The van der Waals surface area contributed by atoms with Crippen molar-refractivity contribution in [2.75, 3.05) is 0 Å². The van der Waals surface area contributed by atoms with Crippen LogP contribution >= 0.6 is 0 Å². The molecule has 0 spiro atoms. The van der Waals surface area contributed by atoms with E-state index in [0.717, 1.165) is 10.7 Å². The van der Waals surface area contributed by atoms with Gasteiger partial charge in [0.25, 0.3) is 5.56 Å². The highest BCUT2D eigenvalue weighted by Gasteiger charge is 2.17. The van der Waals surface area contributed by atoms with Gasteiger partial charge in [0.15, 0.2) is 0 Å². The molecule has 0 aliphatic heterocycles. The first-order chi connectivity index (χ1) is 13.9. The molecule has 0 aliphatic rings. The van der Waals surface area contributed by atoms with Crippen molar-refractivity contribution in [1.29, 1.82) is 0 Å². The monoisotopic (exact) mass is 398 g/mol. The van der Waals surface area contributed by atoms with Crippen LogP contribution in [-0.4, -0.2) is 31.0 Å². The Bertz CT molecular complexity index is 1300. The molecule has 0 unspecified atom stereocenters. The maximum absolute atomic E-state index is 13.9. The second-order valence-corrected chi connectivity index (χ2v) is 6.16. The molecule has 0 atom stereocenters. The normalized spacial score (nSPS) is 11.1. The molecule has 10 heteroatoms. The van der Waals surface area contributed by atoms with Crippen molar-refractivity contribution in [3.8, 4) is 11.4 Å². The van der Waals surface area contributed by atoms with Gasteiger partial charge < -0.3 is 9.63 Å². The van der Waals surface area contributed by atoms with E-state index in [1.54, 1.807) is 24.3 Å². The topological polar surface area (TPSA) is 111 Å². The highest BCUT2D eigenvalue weighted by Crippen LogP contribution is 2.21. The summed E-state index contributed by atoms with van der Waals surface area (Å²) in [6, 6.07) is 9.44. The lowest BCUT2D eigenvalue weighted by Crippen LogP contribution is -2.26. The lowest BCUT2D eigenvalue weighted by atomic mass is 10.1. The first kappa shape index (κ1) is 18.4. The van der Waals surface area contributed by atoms with Crippen LogP contribution in [0.25, 0.3) is 22.2 Å². The molecule has 146 valence electrons. The van der Waals surface area contributed by atoms with Crippen LogP contribution in [0.3, 0.4) is 0 Å². The summed E-state index contributed by atoms with van der Waals surface area (Å²) in [5, 5.41) is 17.6. The molecule has 0 saturated carbocycles. The van der Waals surface area contributed by atoms with E-state index in [4.69, 9.17) is 9.63 Å². The Labute approximate surface area is 161 Å². The third kappa shape index (κ3) is 3.59. The molecule has 0 saturated heterocycles. The van der Waals surface area contributed by atoms with Crippen molar-refractivity contribution in [2.45, 2.75) is 13.0 Å². The highest BCUT2D eigenvalue weighted by molar-refractivity contribution is 5.86. The van der Waals surface area contributed by atoms with Crippen LogP contribution in [0, 0.1) is 11.6 Å². The summed E-state index contributed by atoms with van der Waals surface area (Å²) in [5.74, 6) is -2.86. The third-order valence-electron chi connectivity index (χ3n) is 4.19. The van der Waals surface area contributed by atoms with Gasteiger partial charge in [0, 0.05) is 11.5 Å². The number of nitrogens with zero attached hydrogens (tertiary/aromatic N) is 4. The lowest BCUT2D eigenvalue weighted by molar-refractivity contribution is -0.136. The number of halogens is 2. The Morgan fingerprint density at radius 1 is 1.14 bits per heavy atom. The molecule has 1 N–H and O–H groups in total. The Hall–Kier alpha value is -3.95. The van der Waals surface area contributed by atoms with E-state index >= 15 is 0 Å². The van der Waals surface area contributed by atoms with Crippen molar-refractivity contribution in [3.63, 3.8) is 0 Å². The van der Waals surface area contributed by atoms with Gasteiger partial charge in [0.2, 0.25) is 11.7 Å². The molecule has 8 nitrogen and oxygen atoms in total. The lowest BCUT2D eigenvalue weighted by Gasteiger charge is -2.08. The zero-order valence-corrected chi connectivity index (χ0v) is 14.7. The molecular formula is C19H12F2N4O4. The molecule has 0 aliphatic carbocycles. The summed E-state index contributed by atoms with van der Waals surface area (Å²) in [4.78, 5) is 27.9. The molecule has 0 fully saturated rings. The number of rotatable bonds is 5. The maximum atomic E-state index is 13.9. The summed E-state index contributed by atoms with van der Waals surface area (Å²) < 4.78 is 33.0. The van der Waals surface area contributed by atoms with Gasteiger partial charge in [-0.05, 0) is 18.2 Å². The fourth-order valence-electron chi connectivity index (χ4n) is 2.91. The van der Waals surface area contributed by atoms with Crippen molar-refractivity contribution < 1.29 is 23.2 Å². The van der Waals surface area contributed by atoms with Gasteiger partial charge in [0.05, 0.1) is 23.1 Å². The first-order valence-electron chi connectivity index (χ1n) is 8.41. The average Bonchev–Trinajstić information content (AvgIpc) is 3.13. The SMILES string of the molecule is O=C(O)Cc1nn(Cc2nc(-c3ccc(F)cc3F)no2)c(=O)c2ccccc12. The predicted molar refractivity (Wildman–Crippen MR) is 96.1 cm³/mol. The quantitative estimate of drug-likeness (QED) is 0.549. The van der Waals surface area contributed by atoms with Gasteiger partial charge in [-0.1, -0.05) is 23.4 Å². The van der Waals surface area contributed by atoms with Gasteiger partial charge in [0.1, 0.15) is 18.2 Å². The molecule has 2 aromatic heterocycles. The van der Waals surface area contributed by atoms with Crippen LogP contribution in [0.4, 0.5) is 8.78 Å². The Morgan fingerprint density at radius 2 is 1.90 bits per heavy atom. The van der Waals surface area contributed by atoms with E-state index in [-0.39, 0.29) is 35.9 Å². The number of fused-ring (bicyclic) bond motifs is 1. The third-order valence-corrected chi connectivity index (χ3v) is 4.19. The number of carbonyl (C=O) groups is 1. The van der Waals surface area contributed by atoms with Crippen LogP contribution in [0.2, 0.25) is 0 Å². The predicted octanol–water partition coefficient (Wildman–Crippen LogP) is 2.40. The Morgan fingerprint density at radius 3 is 2.62 bits per heavy atom. The van der Waals surface area contributed by atoms with E-state index in [1.807, 2.05) is 0 Å². The second kappa shape index (κ2) is 7.23.